The van der Waals surface area contributed by atoms with E-state index in [0.717, 1.165) is 9.26 Å². The van der Waals surface area contributed by atoms with Crippen LogP contribution in [0.15, 0.2) is 35.4 Å². The second kappa shape index (κ2) is 7.70. The molecule has 0 unspecified atom stereocenters. The number of rotatable bonds is 6. The van der Waals surface area contributed by atoms with Gasteiger partial charge in [-0.15, -0.1) is 0 Å². The van der Waals surface area contributed by atoms with Crippen LogP contribution < -0.4 is 10.6 Å². The molecule has 2 rings (SSSR count). The molecule has 1 atom stereocenters. The molecule has 0 spiro atoms. The van der Waals surface area contributed by atoms with E-state index in [4.69, 9.17) is 9.89 Å². The summed E-state index contributed by atoms with van der Waals surface area (Å²) in [5.74, 6) is 1.05. The van der Waals surface area contributed by atoms with Crippen molar-refractivity contribution in [3.8, 4) is 0 Å². The van der Waals surface area contributed by atoms with E-state index in [-0.39, 0.29) is 12.6 Å². The SMILES string of the molecule is C[C@H](CO)Nc1nc(Nc2ccc([S-](=N)=O)cc2)ncc1I. The molecule has 22 heavy (non-hydrogen) atoms. The summed E-state index contributed by atoms with van der Waals surface area (Å²) < 4.78 is 19.0. The van der Waals surface area contributed by atoms with Crippen molar-refractivity contribution in [1.82, 2.24) is 9.97 Å². The predicted molar refractivity (Wildman–Crippen MR) is 93.7 cm³/mol. The average Bonchev–Trinajstić information content (AvgIpc) is 2.51. The first-order valence-corrected chi connectivity index (χ1v) is 8.62. The molecular formula is C13H15IN5O2S-. The van der Waals surface area contributed by atoms with Gasteiger partial charge in [-0.25, -0.2) is 4.98 Å². The van der Waals surface area contributed by atoms with Crippen molar-refractivity contribution in [2.24, 2.45) is 0 Å². The van der Waals surface area contributed by atoms with Gasteiger partial charge in [0.05, 0.1) is 10.2 Å². The third kappa shape index (κ3) is 4.52. The minimum atomic E-state index is -1.74. The molecule has 2 aromatic rings. The van der Waals surface area contributed by atoms with Crippen molar-refractivity contribution < 1.29 is 9.32 Å². The molecule has 0 saturated heterocycles. The molecule has 0 bridgehead atoms. The summed E-state index contributed by atoms with van der Waals surface area (Å²) in [6, 6.07) is 6.55. The van der Waals surface area contributed by atoms with E-state index in [0.29, 0.717) is 16.7 Å². The number of nitrogens with one attached hydrogen (secondary N) is 3. The molecule has 0 radical (unpaired) electrons. The molecule has 0 fully saturated rings. The van der Waals surface area contributed by atoms with Crippen LogP contribution in [0.4, 0.5) is 17.5 Å². The maximum absolute atomic E-state index is 11.0. The number of aliphatic hydroxyl groups is 1. The zero-order chi connectivity index (χ0) is 16.1. The quantitative estimate of drug-likeness (QED) is 0.413. The number of hydrogen-bond acceptors (Lipinski definition) is 8. The van der Waals surface area contributed by atoms with E-state index in [2.05, 4.69) is 43.2 Å². The van der Waals surface area contributed by atoms with E-state index in [1.165, 1.54) is 0 Å². The Morgan fingerprint density at radius 3 is 2.68 bits per heavy atom. The number of aliphatic hydroxyl groups excluding tert-OH is 1. The minimum Gasteiger partial charge on any atom is -0.440 e. The number of benzene rings is 1. The number of halogens is 1. The highest BCUT2D eigenvalue weighted by atomic mass is 127. The van der Waals surface area contributed by atoms with Crippen LogP contribution in [0.25, 0.3) is 0 Å². The number of nitrogens with zero attached hydrogens (tertiary/aromatic N) is 2. The van der Waals surface area contributed by atoms with Crippen molar-refractivity contribution in [1.29, 1.82) is 4.78 Å². The maximum Gasteiger partial charge on any atom is 0.229 e. The summed E-state index contributed by atoms with van der Waals surface area (Å²) in [4.78, 5) is 9.00. The molecular weight excluding hydrogens is 417 g/mol. The molecule has 1 aromatic carbocycles. The van der Waals surface area contributed by atoms with Crippen molar-refractivity contribution in [3.63, 3.8) is 0 Å². The molecule has 118 valence electrons. The molecule has 7 nitrogen and oxygen atoms in total. The van der Waals surface area contributed by atoms with Gasteiger partial charge in [0.2, 0.25) is 5.95 Å². The fourth-order valence-corrected chi connectivity index (χ4v) is 2.40. The lowest BCUT2D eigenvalue weighted by atomic mass is 10.3. The highest BCUT2D eigenvalue weighted by Crippen LogP contribution is 2.20. The van der Waals surface area contributed by atoms with E-state index in [1.807, 2.05) is 6.92 Å². The van der Waals surface area contributed by atoms with Crippen molar-refractivity contribution in [2.75, 3.05) is 17.2 Å². The summed E-state index contributed by atoms with van der Waals surface area (Å²) in [7, 11) is -1.74. The normalized spacial score (nSPS) is 12.2. The Kier molecular flexibility index (Phi) is 5.91. The molecule has 4 N–H and O–H groups in total. The van der Waals surface area contributed by atoms with E-state index in [1.54, 1.807) is 30.5 Å². The maximum atomic E-state index is 11.0. The fourth-order valence-electron chi connectivity index (χ4n) is 1.60. The zero-order valence-electron chi connectivity index (χ0n) is 11.7. The van der Waals surface area contributed by atoms with Crippen molar-refractivity contribution in [3.05, 3.63) is 34.0 Å². The minimum absolute atomic E-state index is 0.00850. The molecule has 1 heterocycles. The van der Waals surface area contributed by atoms with Gasteiger partial charge in [0.1, 0.15) is 5.82 Å². The Morgan fingerprint density at radius 2 is 2.09 bits per heavy atom. The van der Waals surface area contributed by atoms with E-state index in [9.17, 15) is 4.21 Å². The van der Waals surface area contributed by atoms with E-state index < -0.39 is 10.6 Å². The van der Waals surface area contributed by atoms with Gasteiger partial charge >= 0.3 is 0 Å². The summed E-state index contributed by atoms with van der Waals surface area (Å²) >= 11 is 2.12. The summed E-state index contributed by atoms with van der Waals surface area (Å²) in [6.45, 7) is 1.86. The number of hydrogen-bond donors (Lipinski definition) is 4. The first-order chi connectivity index (χ1) is 10.5. The highest BCUT2D eigenvalue weighted by molar-refractivity contribution is 14.1. The summed E-state index contributed by atoms with van der Waals surface area (Å²) in [6.07, 6.45) is 1.68. The van der Waals surface area contributed by atoms with Gasteiger partial charge in [-0.1, -0.05) is 17.0 Å². The van der Waals surface area contributed by atoms with Gasteiger partial charge in [0, 0.05) is 17.9 Å². The van der Waals surface area contributed by atoms with Gasteiger partial charge in [-0.3, -0.25) is 0 Å². The molecule has 0 aliphatic rings. The van der Waals surface area contributed by atoms with Crippen LogP contribution in [0, 0.1) is 8.35 Å². The van der Waals surface area contributed by atoms with Crippen LogP contribution in [-0.2, 0) is 14.8 Å². The second-order valence-corrected chi connectivity index (χ2v) is 6.71. The third-order valence-corrected chi connectivity index (χ3v) is 4.22. The largest absolute Gasteiger partial charge is 0.440 e. The van der Waals surface area contributed by atoms with Gasteiger partial charge in [0.15, 0.2) is 0 Å². The van der Waals surface area contributed by atoms with Gasteiger partial charge in [-0.2, -0.15) is 15.6 Å². The van der Waals surface area contributed by atoms with Crippen LogP contribution in [-0.4, -0.2) is 27.7 Å². The van der Waals surface area contributed by atoms with Gasteiger partial charge in [0.25, 0.3) is 0 Å². The predicted octanol–water partition coefficient (Wildman–Crippen LogP) is 2.70. The van der Waals surface area contributed by atoms with Gasteiger partial charge in [-0.05, 0) is 41.6 Å². The standard InChI is InChI=1S/C13H15IN5O2S/c1-8(7-20)17-12-11(14)6-16-13(19-12)18-9-2-4-10(5-3-9)22(15)21/h2-6,8,15,20H,7H2,1H3,(H2,16,17,18,19)/q-1/t8-/m1/s1. The van der Waals surface area contributed by atoms with Gasteiger partial charge < -0.3 is 24.7 Å². The Bertz CT molecular complexity index is 713. The average molecular weight is 432 g/mol. The van der Waals surface area contributed by atoms with Crippen molar-refractivity contribution >= 4 is 50.6 Å². The molecule has 0 amide bonds. The Hall–Kier alpha value is -1.46. The molecule has 0 aliphatic heterocycles. The monoisotopic (exact) mass is 432 g/mol. The Labute approximate surface area is 143 Å². The summed E-state index contributed by atoms with van der Waals surface area (Å²) in [5.41, 5.74) is 0.733. The molecule has 9 heteroatoms. The molecule has 0 aliphatic carbocycles. The Morgan fingerprint density at radius 1 is 1.41 bits per heavy atom. The Balaban J connectivity index is 2.17. The lowest BCUT2D eigenvalue weighted by molar-refractivity contribution is 0.281. The fraction of sp³-hybridized carbons (Fsp3) is 0.231. The smallest absolute Gasteiger partial charge is 0.229 e. The highest BCUT2D eigenvalue weighted by Gasteiger charge is 2.08. The molecule has 1 aromatic heterocycles. The van der Waals surface area contributed by atoms with Crippen LogP contribution in [0.1, 0.15) is 6.92 Å². The van der Waals surface area contributed by atoms with Crippen LogP contribution >= 0.6 is 22.6 Å². The van der Waals surface area contributed by atoms with Crippen LogP contribution in [0.3, 0.4) is 0 Å². The van der Waals surface area contributed by atoms with Crippen LogP contribution in [0.2, 0.25) is 0 Å². The summed E-state index contributed by atoms with van der Waals surface area (Å²) in [5, 5.41) is 15.2. The number of anilines is 3. The lowest BCUT2D eigenvalue weighted by Gasteiger charge is -2.14. The topological polar surface area (TPSA) is 111 Å². The zero-order valence-corrected chi connectivity index (χ0v) is 14.7. The third-order valence-electron chi connectivity index (χ3n) is 2.73. The van der Waals surface area contributed by atoms with Crippen molar-refractivity contribution in [2.45, 2.75) is 17.9 Å². The first kappa shape index (κ1) is 16.9. The first-order valence-electron chi connectivity index (χ1n) is 6.39. The van der Waals surface area contributed by atoms with Crippen LogP contribution in [0.5, 0.6) is 0 Å². The lowest BCUT2D eigenvalue weighted by Crippen LogP contribution is -2.21. The number of aromatic nitrogens is 2. The second-order valence-electron chi connectivity index (χ2n) is 4.54. The molecule has 0 saturated carbocycles. The van der Waals surface area contributed by atoms with E-state index >= 15 is 0 Å².